The van der Waals surface area contributed by atoms with Gasteiger partial charge in [-0.1, -0.05) is 39.8 Å². The van der Waals surface area contributed by atoms with E-state index in [4.69, 9.17) is 0 Å². The number of azo groups is 1. The Morgan fingerprint density at radius 2 is 2.15 bits per heavy atom. The van der Waals surface area contributed by atoms with Crippen LogP contribution in [0.2, 0.25) is 0 Å². The van der Waals surface area contributed by atoms with Crippen molar-refractivity contribution >= 4 is 71.7 Å². The van der Waals surface area contributed by atoms with E-state index in [9.17, 15) is 9.90 Å². The van der Waals surface area contributed by atoms with Crippen molar-refractivity contribution in [2.45, 2.75) is 4.34 Å². The third-order valence-corrected chi connectivity index (χ3v) is 6.23. The van der Waals surface area contributed by atoms with Gasteiger partial charge in [-0.15, -0.1) is 21.6 Å². The van der Waals surface area contributed by atoms with Crippen molar-refractivity contribution in [3.05, 3.63) is 46.9 Å². The summed E-state index contributed by atoms with van der Waals surface area (Å²) in [5, 5.41) is 18.3. The van der Waals surface area contributed by atoms with Crippen LogP contribution >= 0.6 is 39.0 Å². The molecule has 0 spiro atoms. The molecule has 0 saturated carbocycles. The summed E-state index contributed by atoms with van der Waals surface area (Å²) >= 11 is 6.24. The van der Waals surface area contributed by atoms with Crippen LogP contribution in [0.25, 0.3) is 21.1 Å². The molecule has 4 aromatic rings. The Labute approximate surface area is 164 Å². The smallest absolute Gasteiger partial charge is 0.274 e. The van der Waals surface area contributed by atoms with Crippen LogP contribution in [0.4, 0.5) is 5.69 Å². The van der Waals surface area contributed by atoms with Crippen LogP contribution in [0, 0.1) is 0 Å². The molecule has 6 nitrogen and oxygen atoms in total. The molecule has 0 bridgehead atoms. The molecular formula is C17H11BrN4O2S2. The third-order valence-electron chi connectivity index (χ3n) is 3.57. The van der Waals surface area contributed by atoms with Crippen molar-refractivity contribution in [2.75, 3.05) is 5.75 Å². The number of para-hydroxylation sites is 1. The number of benzene rings is 2. The topological polar surface area (TPSA) is 90.7 Å². The first-order valence-electron chi connectivity index (χ1n) is 7.53. The summed E-state index contributed by atoms with van der Waals surface area (Å²) in [4.78, 5) is 19.3. The number of rotatable bonds is 4. The van der Waals surface area contributed by atoms with Crippen molar-refractivity contribution < 1.29 is 9.90 Å². The molecule has 9 heteroatoms. The maximum Gasteiger partial charge on any atom is 0.274 e. The van der Waals surface area contributed by atoms with E-state index in [1.807, 2.05) is 36.4 Å². The van der Waals surface area contributed by atoms with Gasteiger partial charge < -0.3 is 10.1 Å². The lowest BCUT2D eigenvalue weighted by Gasteiger charge is -1.94. The summed E-state index contributed by atoms with van der Waals surface area (Å²) in [5.74, 6) is -0.373. The Morgan fingerprint density at radius 1 is 1.31 bits per heavy atom. The molecule has 0 radical (unpaired) electrons. The lowest BCUT2D eigenvalue weighted by atomic mass is 10.2. The minimum Gasteiger partial charge on any atom is -0.493 e. The van der Waals surface area contributed by atoms with Crippen LogP contribution in [-0.4, -0.2) is 26.7 Å². The number of aromatic amines is 1. The van der Waals surface area contributed by atoms with E-state index in [-0.39, 0.29) is 17.3 Å². The van der Waals surface area contributed by atoms with Crippen LogP contribution in [-0.2, 0) is 4.79 Å². The number of carbonyl (C=O) groups is 1. The highest BCUT2D eigenvalue weighted by atomic mass is 79.9. The first-order valence-corrected chi connectivity index (χ1v) is 10.1. The fourth-order valence-corrected chi connectivity index (χ4v) is 4.62. The molecule has 26 heavy (non-hydrogen) atoms. The zero-order valence-corrected chi connectivity index (χ0v) is 16.4. The predicted molar refractivity (Wildman–Crippen MR) is 108 cm³/mol. The maximum absolute atomic E-state index is 12.0. The van der Waals surface area contributed by atoms with E-state index in [0.717, 1.165) is 24.5 Å². The lowest BCUT2D eigenvalue weighted by molar-refractivity contribution is -0.115. The molecule has 2 aromatic carbocycles. The summed E-state index contributed by atoms with van der Waals surface area (Å²) in [6, 6.07) is 13.3. The number of fused-ring (bicyclic) bond motifs is 2. The number of carbonyl (C=O) groups excluding carboxylic acids is 1. The van der Waals surface area contributed by atoms with Crippen molar-refractivity contribution in [1.82, 2.24) is 9.97 Å². The molecule has 0 aliphatic carbocycles. The monoisotopic (exact) mass is 446 g/mol. The van der Waals surface area contributed by atoms with Crippen molar-refractivity contribution in [2.24, 2.45) is 10.2 Å². The van der Waals surface area contributed by atoms with Gasteiger partial charge in [0, 0.05) is 9.86 Å². The van der Waals surface area contributed by atoms with Gasteiger partial charge in [0.2, 0.25) is 5.88 Å². The Kier molecular flexibility index (Phi) is 4.75. The molecule has 0 atom stereocenters. The minimum atomic E-state index is -0.391. The first-order chi connectivity index (χ1) is 12.6. The number of hydrogen-bond donors (Lipinski definition) is 2. The number of nitrogens with zero attached hydrogens (tertiary/aromatic N) is 3. The summed E-state index contributed by atoms with van der Waals surface area (Å²) in [6.07, 6.45) is 0. The van der Waals surface area contributed by atoms with Crippen LogP contribution in [0.1, 0.15) is 0 Å². The molecular weight excluding hydrogens is 436 g/mol. The predicted octanol–water partition coefficient (Wildman–Crippen LogP) is 5.65. The van der Waals surface area contributed by atoms with Crippen molar-refractivity contribution in [1.29, 1.82) is 0 Å². The van der Waals surface area contributed by atoms with Gasteiger partial charge in [0.15, 0.2) is 10.0 Å². The second-order valence-electron chi connectivity index (χ2n) is 5.34. The first kappa shape index (κ1) is 17.2. The Morgan fingerprint density at radius 3 is 3.00 bits per heavy atom. The van der Waals surface area contributed by atoms with E-state index < -0.39 is 5.91 Å². The molecule has 2 N–H and O–H groups in total. The van der Waals surface area contributed by atoms with Crippen LogP contribution in [0.15, 0.2) is 61.5 Å². The van der Waals surface area contributed by atoms with Gasteiger partial charge >= 0.3 is 0 Å². The van der Waals surface area contributed by atoms with Gasteiger partial charge in [0.1, 0.15) is 0 Å². The lowest BCUT2D eigenvalue weighted by Crippen LogP contribution is -1.94. The maximum atomic E-state index is 12.0. The Bertz CT molecular complexity index is 1120. The van der Waals surface area contributed by atoms with Gasteiger partial charge in [0.05, 0.1) is 21.5 Å². The average Bonchev–Trinajstić information content (AvgIpc) is 3.18. The SMILES string of the molecule is O=C(CSc1nc2ccccc2s1)N=Nc1c(O)[nH]c2ccc(Br)cc12. The molecule has 0 aliphatic heterocycles. The standard InChI is InChI=1S/C17H11BrN4O2S2/c18-9-5-6-11-10(7-9)15(16(24)19-11)22-21-14(23)8-25-17-20-12-3-1-2-4-13(12)26-17/h1-7,19,24H,8H2. The molecule has 2 aromatic heterocycles. The van der Waals surface area contributed by atoms with E-state index in [2.05, 4.69) is 36.1 Å². The highest BCUT2D eigenvalue weighted by molar-refractivity contribution is 9.10. The number of amides is 1. The van der Waals surface area contributed by atoms with Gasteiger partial charge in [-0.2, -0.15) is 0 Å². The minimum absolute atomic E-state index is 0.117. The molecule has 2 heterocycles. The Balaban J connectivity index is 1.47. The highest BCUT2D eigenvalue weighted by Gasteiger charge is 2.12. The number of H-pyrrole nitrogens is 1. The molecule has 0 aliphatic rings. The fraction of sp³-hybridized carbons (Fsp3) is 0.0588. The Hall–Kier alpha value is -2.23. The molecule has 1 amide bonds. The van der Waals surface area contributed by atoms with Gasteiger partial charge in [-0.05, 0) is 30.3 Å². The van der Waals surface area contributed by atoms with Gasteiger partial charge in [-0.25, -0.2) is 4.98 Å². The van der Waals surface area contributed by atoms with Crippen molar-refractivity contribution in [3.8, 4) is 5.88 Å². The average molecular weight is 447 g/mol. The number of aromatic hydroxyl groups is 1. The largest absolute Gasteiger partial charge is 0.493 e. The van der Waals surface area contributed by atoms with E-state index in [1.165, 1.54) is 23.1 Å². The van der Waals surface area contributed by atoms with Crippen LogP contribution < -0.4 is 0 Å². The zero-order valence-electron chi connectivity index (χ0n) is 13.1. The summed E-state index contributed by atoms with van der Waals surface area (Å²) in [5.41, 5.74) is 1.89. The summed E-state index contributed by atoms with van der Waals surface area (Å²) in [7, 11) is 0. The third kappa shape index (κ3) is 3.50. The second kappa shape index (κ2) is 7.18. The summed E-state index contributed by atoms with van der Waals surface area (Å²) in [6.45, 7) is 0. The number of thiazole rings is 1. The van der Waals surface area contributed by atoms with Gasteiger partial charge in [-0.3, -0.25) is 4.79 Å². The quantitative estimate of drug-likeness (QED) is 0.313. The number of nitrogens with one attached hydrogen (secondary N) is 1. The van der Waals surface area contributed by atoms with Crippen LogP contribution in [0.3, 0.4) is 0 Å². The number of hydrogen-bond acceptors (Lipinski definition) is 6. The van der Waals surface area contributed by atoms with E-state index in [0.29, 0.717) is 5.39 Å². The molecule has 0 saturated heterocycles. The van der Waals surface area contributed by atoms with E-state index >= 15 is 0 Å². The fourth-order valence-electron chi connectivity index (χ4n) is 2.41. The van der Waals surface area contributed by atoms with Crippen molar-refractivity contribution in [3.63, 3.8) is 0 Å². The number of halogens is 1. The molecule has 4 rings (SSSR count). The number of aromatic nitrogens is 2. The molecule has 0 fully saturated rings. The summed E-state index contributed by atoms with van der Waals surface area (Å²) < 4.78 is 2.74. The van der Waals surface area contributed by atoms with Crippen LogP contribution in [0.5, 0.6) is 5.88 Å². The van der Waals surface area contributed by atoms with Gasteiger partial charge in [0.25, 0.3) is 5.91 Å². The number of thioether (sulfide) groups is 1. The normalized spacial score (nSPS) is 11.7. The second-order valence-corrected chi connectivity index (χ2v) is 8.51. The zero-order chi connectivity index (χ0) is 18.1. The van der Waals surface area contributed by atoms with E-state index in [1.54, 1.807) is 6.07 Å². The highest BCUT2D eigenvalue weighted by Crippen LogP contribution is 2.37. The molecule has 0 unspecified atom stereocenters. The molecule has 130 valence electrons.